The molecule has 3 N–H and O–H groups in total. The van der Waals surface area contributed by atoms with E-state index in [-0.39, 0.29) is 18.1 Å². The van der Waals surface area contributed by atoms with Crippen LogP contribution < -0.4 is 15.8 Å². The molecule has 0 spiro atoms. The number of anilines is 1. The Morgan fingerprint density at radius 2 is 1.82 bits per heavy atom. The first-order chi connectivity index (χ1) is 13.4. The molecule has 0 heterocycles. The van der Waals surface area contributed by atoms with Crippen LogP contribution in [-0.2, 0) is 16.1 Å². The summed E-state index contributed by atoms with van der Waals surface area (Å²) in [5.74, 6) is -0.244. The number of primary amides is 1. The monoisotopic (exact) mass is 385 g/mol. The second-order valence-electron chi connectivity index (χ2n) is 5.97. The number of ether oxygens (including phenoxy) is 2. The Balaban J connectivity index is 1.86. The summed E-state index contributed by atoms with van der Waals surface area (Å²) in [5.41, 5.74) is 6.54. The number of nitrogens with one attached hydrogen (secondary N) is 1. The van der Waals surface area contributed by atoms with Crippen molar-refractivity contribution < 1.29 is 23.9 Å². The van der Waals surface area contributed by atoms with Gasteiger partial charge in [0.1, 0.15) is 5.75 Å². The fourth-order valence-electron chi connectivity index (χ4n) is 2.41. The predicted octanol–water partition coefficient (Wildman–Crippen LogP) is 2.39. The topological polar surface area (TPSA) is 111 Å². The number of likely N-dealkylation sites (N-methyl/N-ethyl adjacent to an activating group) is 1. The minimum Gasteiger partial charge on any atom is -0.494 e. The maximum atomic E-state index is 12.2. The third-order valence-electron chi connectivity index (χ3n) is 3.77. The van der Waals surface area contributed by atoms with Crippen molar-refractivity contribution in [3.8, 4) is 5.75 Å². The highest BCUT2D eigenvalue weighted by Crippen LogP contribution is 2.14. The Bertz CT molecular complexity index is 836. The molecule has 0 bridgehead atoms. The van der Waals surface area contributed by atoms with Crippen molar-refractivity contribution >= 4 is 23.6 Å². The minimum atomic E-state index is -0.739. The average molecular weight is 385 g/mol. The van der Waals surface area contributed by atoms with Crippen LogP contribution in [0, 0.1) is 0 Å². The van der Waals surface area contributed by atoms with Crippen molar-refractivity contribution in [2.45, 2.75) is 13.5 Å². The molecule has 0 saturated carbocycles. The SMILES string of the molecule is CCOc1ccc(CN(C)C(=O)COC(=O)c2cccc(NC(N)=O)c2)cc1. The molecule has 28 heavy (non-hydrogen) atoms. The molecule has 3 amide bonds. The number of benzene rings is 2. The quantitative estimate of drug-likeness (QED) is 0.678. The first-order valence-electron chi connectivity index (χ1n) is 8.68. The Labute approximate surface area is 163 Å². The summed E-state index contributed by atoms with van der Waals surface area (Å²) in [5, 5.41) is 2.37. The van der Waals surface area contributed by atoms with Crippen LogP contribution in [0.25, 0.3) is 0 Å². The van der Waals surface area contributed by atoms with Crippen molar-refractivity contribution in [1.29, 1.82) is 0 Å². The molecule has 8 nitrogen and oxygen atoms in total. The van der Waals surface area contributed by atoms with E-state index in [4.69, 9.17) is 15.2 Å². The Kier molecular flexibility index (Phi) is 7.38. The third-order valence-corrected chi connectivity index (χ3v) is 3.77. The van der Waals surface area contributed by atoms with E-state index >= 15 is 0 Å². The Morgan fingerprint density at radius 1 is 1.11 bits per heavy atom. The summed E-state index contributed by atoms with van der Waals surface area (Å²) in [4.78, 5) is 36.7. The first kappa shape index (κ1) is 20.8. The second-order valence-corrected chi connectivity index (χ2v) is 5.97. The molecule has 148 valence electrons. The van der Waals surface area contributed by atoms with Gasteiger partial charge in [-0.2, -0.15) is 0 Å². The number of nitrogens with zero attached hydrogens (tertiary/aromatic N) is 1. The van der Waals surface area contributed by atoms with Gasteiger partial charge in [0.25, 0.3) is 5.91 Å². The number of hydrogen-bond acceptors (Lipinski definition) is 5. The molecule has 0 unspecified atom stereocenters. The Hall–Kier alpha value is -3.55. The highest BCUT2D eigenvalue weighted by molar-refractivity contribution is 5.94. The number of nitrogens with two attached hydrogens (primary N) is 1. The van der Waals surface area contributed by atoms with E-state index in [2.05, 4.69) is 5.32 Å². The van der Waals surface area contributed by atoms with Crippen LogP contribution in [0.5, 0.6) is 5.75 Å². The summed E-state index contributed by atoms with van der Waals surface area (Å²) >= 11 is 0. The lowest BCUT2D eigenvalue weighted by Gasteiger charge is -2.17. The predicted molar refractivity (Wildman–Crippen MR) is 104 cm³/mol. The van der Waals surface area contributed by atoms with E-state index in [0.717, 1.165) is 11.3 Å². The van der Waals surface area contributed by atoms with E-state index < -0.39 is 12.0 Å². The van der Waals surface area contributed by atoms with Crippen LogP contribution >= 0.6 is 0 Å². The maximum absolute atomic E-state index is 12.2. The van der Waals surface area contributed by atoms with E-state index in [1.54, 1.807) is 19.2 Å². The van der Waals surface area contributed by atoms with Gasteiger partial charge in [0, 0.05) is 19.3 Å². The lowest BCUT2D eigenvalue weighted by molar-refractivity contribution is -0.133. The molecule has 2 aromatic carbocycles. The summed E-state index contributed by atoms with van der Waals surface area (Å²) in [6, 6.07) is 12.8. The number of amides is 3. The highest BCUT2D eigenvalue weighted by atomic mass is 16.5. The van der Waals surface area contributed by atoms with E-state index in [9.17, 15) is 14.4 Å². The van der Waals surface area contributed by atoms with Crippen LogP contribution in [0.2, 0.25) is 0 Å². The normalized spacial score (nSPS) is 10.1. The van der Waals surface area contributed by atoms with Gasteiger partial charge >= 0.3 is 12.0 Å². The first-order valence-corrected chi connectivity index (χ1v) is 8.68. The van der Waals surface area contributed by atoms with Gasteiger partial charge in [-0.25, -0.2) is 9.59 Å². The van der Waals surface area contributed by atoms with Crippen molar-refractivity contribution in [2.75, 3.05) is 25.6 Å². The van der Waals surface area contributed by atoms with Crippen LogP contribution in [0.1, 0.15) is 22.8 Å². The van der Waals surface area contributed by atoms with E-state index in [1.807, 2.05) is 31.2 Å². The Morgan fingerprint density at radius 3 is 2.46 bits per heavy atom. The van der Waals surface area contributed by atoms with E-state index in [1.165, 1.54) is 17.0 Å². The third kappa shape index (κ3) is 6.31. The number of carbonyl (C=O) groups is 3. The molecule has 2 rings (SSSR count). The number of esters is 1. The molecule has 0 aromatic heterocycles. The minimum absolute atomic E-state index is 0.202. The van der Waals surface area contributed by atoms with Gasteiger partial charge in [-0.1, -0.05) is 18.2 Å². The van der Waals surface area contributed by atoms with Crippen LogP contribution in [-0.4, -0.2) is 43.1 Å². The van der Waals surface area contributed by atoms with E-state index in [0.29, 0.717) is 18.8 Å². The lowest BCUT2D eigenvalue weighted by atomic mass is 10.2. The summed E-state index contributed by atoms with van der Waals surface area (Å²) in [6.45, 7) is 2.48. The van der Waals surface area contributed by atoms with Crippen molar-refractivity contribution in [3.63, 3.8) is 0 Å². The van der Waals surface area contributed by atoms with Crippen LogP contribution in [0.15, 0.2) is 48.5 Å². The second kappa shape index (κ2) is 9.96. The molecule has 0 saturated heterocycles. The number of carbonyl (C=O) groups excluding carboxylic acids is 3. The number of hydrogen-bond donors (Lipinski definition) is 2. The van der Waals surface area contributed by atoms with Gasteiger partial charge in [0.15, 0.2) is 6.61 Å². The smallest absolute Gasteiger partial charge is 0.338 e. The van der Waals surface area contributed by atoms with Crippen LogP contribution in [0.4, 0.5) is 10.5 Å². The molecule has 0 atom stereocenters. The van der Waals surface area contributed by atoms with Crippen molar-refractivity contribution in [3.05, 3.63) is 59.7 Å². The lowest BCUT2D eigenvalue weighted by Crippen LogP contribution is -2.30. The highest BCUT2D eigenvalue weighted by Gasteiger charge is 2.14. The van der Waals surface area contributed by atoms with Gasteiger partial charge in [-0.3, -0.25) is 4.79 Å². The van der Waals surface area contributed by atoms with Gasteiger partial charge in [-0.15, -0.1) is 0 Å². The van der Waals surface area contributed by atoms with Gasteiger partial charge < -0.3 is 25.4 Å². The van der Waals surface area contributed by atoms with Crippen LogP contribution in [0.3, 0.4) is 0 Å². The van der Waals surface area contributed by atoms with Crippen molar-refractivity contribution in [1.82, 2.24) is 4.90 Å². The molecule has 0 radical (unpaired) electrons. The fourth-order valence-corrected chi connectivity index (χ4v) is 2.41. The number of urea groups is 1. The molecule has 2 aromatic rings. The molecule has 0 fully saturated rings. The molecule has 0 aliphatic rings. The summed E-state index contributed by atoms with van der Waals surface area (Å²) < 4.78 is 10.4. The van der Waals surface area contributed by atoms with Gasteiger partial charge in [0.2, 0.25) is 0 Å². The van der Waals surface area contributed by atoms with Gasteiger partial charge in [-0.05, 0) is 42.8 Å². The summed E-state index contributed by atoms with van der Waals surface area (Å²) in [6.07, 6.45) is 0. The zero-order chi connectivity index (χ0) is 20.5. The zero-order valence-corrected chi connectivity index (χ0v) is 15.8. The van der Waals surface area contributed by atoms with Crippen molar-refractivity contribution in [2.24, 2.45) is 5.73 Å². The summed E-state index contributed by atoms with van der Waals surface area (Å²) in [7, 11) is 1.63. The zero-order valence-electron chi connectivity index (χ0n) is 15.8. The molecular formula is C20H23N3O5. The standard InChI is InChI=1S/C20H23N3O5/c1-3-27-17-9-7-14(8-10-17)12-23(2)18(24)13-28-19(25)15-5-4-6-16(11-15)22-20(21)26/h4-11H,3,12-13H2,1-2H3,(H3,21,22,26). The molecular weight excluding hydrogens is 362 g/mol. The maximum Gasteiger partial charge on any atom is 0.338 e. The average Bonchev–Trinajstić information content (AvgIpc) is 2.67. The number of rotatable bonds is 8. The molecule has 0 aliphatic heterocycles. The fraction of sp³-hybridized carbons (Fsp3) is 0.250. The largest absolute Gasteiger partial charge is 0.494 e. The molecule has 0 aliphatic carbocycles. The van der Waals surface area contributed by atoms with Gasteiger partial charge in [0.05, 0.1) is 12.2 Å². The molecule has 8 heteroatoms.